The molecule has 1 N–H and O–H groups in total. The summed E-state index contributed by atoms with van der Waals surface area (Å²) in [5, 5.41) is 3.57. The van der Waals surface area contributed by atoms with Gasteiger partial charge in [-0.2, -0.15) is 0 Å². The Morgan fingerprint density at radius 3 is 2.52 bits per heavy atom. The average molecular weight is 332 g/mol. The Hall–Kier alpha value is -1.23. The van der Waals surface area contributed by atoms with Crippen molar-refractivity contribution in [2.45, 2.75) is 58.8 Å². The Labute approximate surface area is 141 Å². The maximum Gasteiger partial charge on any atom is 0.226 e. The van der Waals surface area contributed by atoms with Crippen LogP contribution in [-0.4, -0.2) is 16.7 Å². The second-order valence-corrected chi connectivity index (χ2v) is 9.33. The highest BCUT2D eigenvalue weighted by Crippen LogP contribution is 2.50. The van der Waals surface area contributed by atoms with Crippen LogP contribution < -0.4 is 5.32 Å². The first kappa shape index (κ1) is 15.3. The first-order valence-electron chi connectivity index (χ1n) is 8.74. The van der Waals surface area contributed by atoms with Crippen LogP contribution in [0.25, 0.3) is 0 Å². The lowest BCUT2D eigenvalue weighted by molar-refractivity contribution is -0.117. The van der Waals surface area contributed by atoms with Crippen molar-refractivity contribution in [1.82, 2.24) is 4.98 Å². The number of fused-ring (bicyclic) bond motifs is 1. The molecule has 0 bridgehead atoms. The molecule has 1 heterocycles. The van der Waals surface area contributed by atoms with Gasteiger partial charge in [0, 0.05) is 12.8 Å². The topological polar surface area (TPSA) is 59.1 Å². The number of amides is 1. The van der Waals surface area contributed by atoms with Crippen LogP contribution in [-0.2, 0) is 11.2 Å². The van der Waals surface area contributed by atoms with Crippen molar-refractivity contribution in [3.63, 3.8) is 0 Å². The van der Waals surface area contributed by atoms with E-state index >= 15 is 0 Å². The van der Waals surface area contributed by atoms with Crippen molar-refractivity contribution in [3.05, 3.63) is 10.6 Å². The molecule has 0 aliphatic heterocycles. The Balaban J connectivity index is 1.43. The number of nitrogens with one attached hydrogen (secondary N) is 1. The summed E-state index contributed by atoms with van der Waals surface area (Å²) >= 11 is 1.36. The summed E-state index contributed by atoms with van der Waals surface area (Å²) in [4.78, 5) is 29.9. The molecule has 0 spiro atoms. The number of rotatable bonds is 5. The number of hydrogen-bond donors (Lipinski definition) is 1. The molecule has 1 amide bonds. The lowest BCUT2D eigenvalue weighted by Crippen LogP contribution is -2.26. The summed E-state index contributed by atoms with van der Waals surface area (Å²) < 4.78 is 0. The fourth-order valence-electron chi connectivity index (χ4n) is 3.92. The van der Waals surface area contributed by atoms with Gasteiger partial charge in [0.25, 0.3) is 0 Å². The number of nitrogens with zero attached hydrogens (tertiary/aromatic N) is 1. The van der Waals surface area contributed by atoms with E-state index in [1.807, 2.05) is 0 Å². The van der Waals surface area contributed by atoms with Gasteiger partial charge in [-0.25, -0.2) is 4.98 Å². The van der Waals surface area contributed by atoms with Crippen molar-refractivity contribution >= 4 is 28.2 Å². The quantitative estimate of drug-likeness (QED) is 0.884. The molecule has 0 aromatic carbocycles. The fourth-order valence-corrected chi connectivity index (χ4v) is 4.86. The summed E-state index contributed by atoms with van der Waals surface area (Å²) in [6.07, 6.45) is 7.19. The zero-order valence-electron chi connectivity index (χ0n) is 13.9. The highest BCUT2D eigenvalue weighted by atomic mass is 32.1. The van der Waals surface area contributed by atoms with Crippen LogP contribution in [0.1, 0.15) is 67.7 Å². The summed E-state index contributed by atoms with van der Waals surface area (Å²) in [6.45, 7) is 4.20. The van der Waals surface area contributed by atoms with Crippen LogP contribution in [0.5, 0.6) is 0 Å². The van der Waals surface area contributed by atoms with Gasteiger partial charge in [-0.3, -0.25) is 9.59 Å². The van der Waals surface area contributed by atoms with Crippen LogP contribution in [0.2, 0.25) is 0 Å². The number of anilines is 1. The maximum absolute atomic E-state index is 12.4. The number of Topliss-reactive ketones (excluding diaryl/α,β-unsaturated/α-hetero) is 1. The van der Waals surface area contributed by atoms with Crippen molar-refractivity contribution in [3.8, 4) is 0 Å². The van der Waals surface area contributed by atoms with Gasteiger partial charge in [0.1, 0.15) is 0 Å². The van der Waals surface area contributed by atoms with E-state index in [0.717, 1.165) is 28.8 Å². The van der Waals surface area contributed by atoms with Gasteiger partial charge in [0.05, 0.1) is 10.6 Å². The molecule has 3 aliphatic carbocycles. The molecule has 4 rings (SSSR count). The van der Waals surface area contributed by atoms with Gasteiger partial charge < -0.3 is 5.32 Å². The molecule has 0 saturated heterocycles. The van der Waals surface area contributed by atoms with Gasteiger partial charge in [-0.15, -0.1) is 0 Å². The molecule has 23 heavy (non-hydrogen) atoms. The molecule has 2 fully saturated rings. The first-order valence-corrected chi connectivity index (χ1v) is 9.56. The monoisotopic (exact) mass is 332 g/mol. The lowest BCUT2D eigenvalue weighted by Gasteiger charge is -2.26. The third kappa shape index (κ3) is 3.35. The number of carbonyl (C=O) groups excluding carboxylic acids is 2. The molecule has 2 saturated carbocycles. The Bertz CT molecular complexity index is 644. The van der Waals surface area contributed by atoms with Crippen LogP contribution in [0.15, 0.2) is 0 Å². The molecule has 0 radical (unpaired) electrons. The Kier molecular flexibility index (Phi) is 3.59. The normalized spacial score (nSPS) is 23.0. The summed E-state index contributed by atoms with van der Waals surface area (Å²) in [5.74, 6) is 2.38. The van der Waals surface area contributed by atoms with E-state index in [9.17, 15) is 9.59 Å². The smallest absolute Gasteiger partial charge is 0.226 e. The second-order valence-electron chi connectivity index (χ2n) is 8.33. The largest absolute Gasteiger partial charge is 0.302 e. The standard InChI is InChI=1S/C18H24N2O2S/c1-18(2)8-13-16(14(21)9-18)23-17(19-13)20-15(22)7-12(10-3-4-10)11-5-6-11/h10-12H,3-9H2,1-2H3,(H,19,20,22). The average Bonchev–Trinajstić information content (AvgIpc) is 3.33. The SMILES string of the molecule is CC1(C)CC(=O)c2sc(NC(=O)CC(C3CC3)C3CC3)nc2C1. The van der Waals surface area contributed by atoms with Crippen LogP contribution >= 0.6 is 11.3 Å². The third-order valence-corrected chi connectivity index (χ3v) is 6.41. The predicted molar refractivity (Wildman–Crippen MR) is 90.7 cm³/mol. The van der Waals surface area contributed by atoms with Gasteiger partial charge in [0.15, 0.2) is 10.9 Å². The number of aromatic nitrogens is 1. The van der Waals surface area contributed by atoms with Gasteiger partial charge in [-0.05, 0) is 55.3 Å². The van der Waals surface area contributed by atoms with E-state index in [2.05, 4.69) is 24.1 Å². The van der Waals surface area contributed by atoms with E-state index in [0.29, 0.717) is 23.9 Å². The van der Waals surface area contributed by atoms with Gasteiger partial charge in [0.2, 0.25) is 5.91 Å². The predicted octanol–water partition coefficient (Wildman–Crippen LogP) is 4.06. The molecule has 1 aromatic heterocycles. The molecule has 5 heteroatoms. The number of carbonyl (C=O) groups is 2. The molecular formula is C18H24N2O2S. The minimum Gasteiger partial charge on any atom is -0.302 e. The molecule has 1 aromatic rings. The molecule has 4 nitrogen and oxygen atoms in total. The van der Waals surface area contributed by atoms with Crippen molar-refractivity contribution < 1.29 is 9.59 Å². The summed E-state index contributed by atoms with van der Waals surface area (Å²) in [5.41, 5.74) is 0.843. The summed E-state index contributed by atoms with van der Waals surface area (Å²) in [7, 11) is 0. The summed E-state index contributed by atoms with van der Waals surface area (Å²) in [6, 6.07) is 0. The number of ketones is 1. The highest BCUT2D eigenvalue weighted by molar-refractivity contribution is 7.17. The molecule has 3 aliphatic rings. The number of hydrogen-bond acceptors (Lipinski definition) is 4. The maximum atomic E-state index is 12.4. The number of thiazole rings is 1. The van der Waals surface area contributed by atoms with Gasteiger partial charge in [-0.1, -0.05) is 25.2 Å². The van der Waals surface area contributed by atoms with E-state index in [-0.39, 0.29) is 17.1 Å². The van der Waals surface area contributed by atoms with E-state index in [1.54, 1.807) is 0 Å². The van der Waals surface area contributed by atoms with E-state index < -0.39 is 0 Å². The molecular weight excluding hydrogens is 308 g/mol. The van der Waals surface area contributed by atoms with Crippen LogP contribution in [0, 0.1) is 23.2 Å². The molecule has 124 valence electrons. The van der Waals surface area contributed by atoms with E-state index in [1.165, 1.54) is 37.0 Å². The third-order valence-electron chi connectivity index (χ3n) is 5.36. The van der Waals surface area contributed by atoms with Crippen molar-refractivity contribution in [2.75, 3.05) is 5.32 Å². The van der Waals surface area contributed by atoms with Crippen LogP contribution in [0.3, 0.4) is 0 Å². The second kappa shape index (κ2) is 5.40. The Morgan fingerprint density at radius 2 is 1.91 bits per heavy atom. The molecule has 0 atom stereocenters. The van der Waals surface area contributed by atoms with Gasteiger partial charge >= 0.3 is 0 Å². The van der Waals surface area contributed by atoms with Crippen molar-refractivity contribution in [2.24, 2.45) is 23.2 Å². The highest BCUT2D eigenvalue weighted by Gasteiger charge is 2.42. The van der Waals surface area contributed by atoms with Crippen molar-refractivity contribution in [1.29, 1.82) is 0 Å². The first-order chi connectivity index (χ1) is 10.9. The van der Waals surface area contributed by atoms with E-state index in [4.69, 9.17) is 0 Å². The zero-order chi connectivity index (χ0) is 16.2. The minimum absolute atomic E-state index is 0.0253. The lowest BCUT2D eigenvalue weighted by atomic mass is 9.78. The van der Waals surface area contributed by atoms with Crippen LogP contribution in [0.4, 0.5) is 5.13 Å². The minimum atomic E-state index is -0.0253. The molecule has 0 unspecified atom stereocenters. The fraction of sp³-hybridized carbons (Fsp3) is 0.722. The zero-order valence-corrected chi connectivity index (χ0v) is 14.7. The Morgan fingerprint density at radius 1 is 1.26 bits per heavy atom.